The maximum atomic E-state index is 13.8. The summed E-state index contributed by atoms with van der Waals surface area (Å²) in [6, 6.07) is 4.57. The molecule has 1 aromatic rings. The van der Waals surface area contributed by atoms with Crippen molar-refractivity contribution in [2.24, 2.45) is 23.7 Å². The zero-order chi connectivity index (χ0) is 17.6. The lowest BCUT2D eigenvalue weighted by Gasteiger charge is -2.38. The maximum Gasteiger partial charge on any atom is 0.162 e. The van der Waals surface area contributed by atoms with Crippen molar-refractivity contribution in [3.8, 4) is 0 Å². The second kappa shape index (κ2) is 9.14. The standard InChI is InChI=1S/C23H34F2/c1-2-4-17-7-12-19(13-8-17)20-14-9-18(10-15-20)11-16-21-5-3-6-22(24)23(21)25/h3,5-6,17-20H,2,4,7-16H2,1H3. The molecule has 0 aromatic heterocycles. The molecule has 0 bridgehead atoms. The van der Waals surface area contributed by atoms with Gasteiger partial charge in [0, 0.05) is 0 Å². The number of hydrogen-bond donors (Lipinski definition) is 0. The van der Waals surface area contributed by atoms with Crippen LogP contribution in [0.2, 0.25) is 0 Å². The monoisotopic (exact) mass is 348 g/mol. The smallest absolute Gasteiger partial charge is 0.162 e. The largest absolute Gasteiger partial charge is 0.204 e. The molecule has 0 aliphatic heterocycles. The van der Waals surface area contributed by atoms with E-state index in [0.717, 1.165) is 24.2 Å². The molecule has 1 aromatic carbocycles. The van der Waals surface area contributed by atoms with Crippen LogP contribution in [0.1, 0.15) is 83.1 Å². The third-order valence-electron chi connectivity index (χ3n) is 7.00. The fourth-order valence-corrected chi connectivity index (χ4v) is 5.41. The maximum absolute atomic E-state index is 13.8. The van der Waals surface area contributed by atoms with Crippen LogP contribution in [0.5, 0.6) is 0 Å². The summed E-state index contributed by atoms with van der Waals surface area (Å²) < 4.78 is 27.1. The predicted octanol–water partition coefficient (Wildman–Crippen LogP) is 7.31. The summed E-state index contributed by atoms with van der Waals surface area (Å²) in [7, 11) is 0. The van der Waals surface area contributed by atoms with Crippen LogP contribution in [-0.4, -0.2) is 0 Å². The zero-order valence-electron chi connectivity index (χ0n) is 15.8. The Labute approximate surface area is 152 Å². The fraction of sp³-hybridized carbons (Fsp3) is 0.739. The van der Waals surface area contributed by atoms with Gasteiger partial charge in [0.05, 0.1) is 0 Å². The highest BCUT2D eigenvalue weighted by Gasteiger charge is 2.30. The van der Waals surface area contributed by atoms with E-state index in [4.69, 9.17) is 0 Å². The molecule has 0 spiro atoms. The molecule has 25 heavy (non-hydrogen) atoms. The molecule has 2 aliphatic carbocycles. The lowest BCUT2D eigenvalue weighted by Crippen LogP contribution is -2.26. The SMILES string of the molecule is CCCC1CCC(C2CCC(CCc3cccc(F)c3F)CC2)CC1. The van der Waals surface area contributed by atoms with E-state index in [9.17, 15) is 8.78 Å². The van der Waals surface area contributed by atoms with Crippen LogP contribution >= 0.6 is 0 Å². The molecule has 2 saturated carbocycles. The van der Waals surface area contributed by atoms with E-state index >= 15 is 0 Å². The molecule has 140 valence electrons. The van der Waals surface area contributed by atoms with Gasteiger partial charge in [0.25, 0.3) is 0 Å². The molecular weight excluding hydrogens is 314 g/mol. The van der Waals surface area contributed by atoms with Crippen molar-refractivity contribution >= 4 is 0 Å². The minimum Gasteiger partial charge on any atom is -0.204 e. The van der Waals surface area contributed by atoms with Gasteiger partial charge in [-0.15, -0.1) is 0 Å². The molecule has 0 atom stereocenters. The highest BCUT2D eigenvalue weighted by atomic mass is 19.2. The normalized spacial score (nSPS) is 30.4. The minimum atomic E-state index is -0.708. The van der Waals surface area contributed by atoms with E-state index in [1.54, 1.807) is 12.1 Å². The van der Waals surface area contributed by atoms with Gasteiger partial charge < -0.3 is 0 Å². The van der Waals surface area contributed by atoms with E-state index < -0.39 is 11.6 Å². The van der Waals surface area contributed by atoms with Crippen LogP contribution in [-0.2, 0) is 6.42 Å². The first-order chi connectivity index (χ1) is 12.2. The number of benzene rings is 1. The fourth-order valence-electron chi connectivity index (χ4n) is 5.41. The van der Waals surface area contributed by atoms with E-state index in [2.05, 4.69) is 6.92 Å². The molecule has 2 fully saturated rings. The Bertz CT molecular complexity index is 523. The molecule has 0 heterocycles. The van der Waals surface area contributed by atoms with Crippen molar-refractivity contribution in [2.45, 2.75) is 84.0 Å². The van der Waals surface area contributed by atoms with Gasteiger partial charge >= 0.3 is 0 Å². The average molecular weight is 349 g/mol. The molecule has 0 saturated heterocycles. The van der Waals surface area contributed by atoms with Crippen LogP contribution < -0.4 is 0 Å². The van der Waals surface area contributed by atoms with Crippen molar-refractivity contribution in [2.75, 3.05) is 0 Å². The van der Waals surface area contributed by atoms with E-state index in [1.807, 2.05) is 0 Å². The van der Waals surface area contributed by atoms with Gasteiger partial charge in [-0.2, -0.15) is 0 Å². The molecule has 0 amide bonds. The molecule has 3 rings (SSSR count). The van der Waals surface area contributed by atoms with Crippen molar-refractivity contribution in [1.29, 1.82) is 0 Å². The minimum absolute atomic E-state index is 0.552. The third-order valence-corrected chi connectivity index (χ3v) is 7.00. The highest BCUT2D eigenvalue weighted by molar-refractivity contribution is 5.19. The Morgan fingerprint density at radius 2 is 1.36 bits per heavy atom. The molecular formula is C23H34F2. The summed E-state index contributed by atoms with van der Waals surface area (Å²) in [4.78, 5) is 0. The van der Waals surface area contributed by atoms with Crippen molar-refractivity contribution in [3.63, 3.8) is 0 Å². The van der Waals surface area contributed by atoms with E-state index in [1.165, 1.54) is 70.3 Å². The van der Waals surface area contributed by atoms with Crippen LogP contribution in [0.3, 0.4) is 0 Å². The first-order valence-corrected chi connectivity index (χ1v) is 10.6. The second-order valence-electron chi connectivity index (χ2n) is 8.60. The first kappa shape index (κ1) is 18.9. The predicted molar refractivity (Wildman–Crippen MR) is 100 cm³/mol. The van der Waals surface area contributed by atoms with Crippen LogP contribution in [0.4, 0.5) is 8.78 Å². The van der Waals surface area contributed by atoms with Gasteiger partial charge in [0.2, 0.25) is 0 Å². The summed E-state index contributed by atoms with van der Waals surface area (Å²) in [6.45, 7) is 2.31. The Kier molecular flexibility index (Phi) is 6.90. The van der Waals surface area contributed by atoms with E-state index in [-0.39, 0.29) is 0 Å². The topological polar surface area (TPSA) is 0 Å². The molecule has 0 radical (unpaired) electrons. The third kappa shape index (κ3) is 5.05. The van der Waals surface area contributed by atoms with Gasteiger partial charge in [0.15, 0.2) is 11.6 Å². The summed E-state index contributed by atoms with van der Waals surface area (Å²) >= 11 is 0. The number of hydrogen-bond acceptors (Lipinski definition) is 0. The summed E-state index contributed by atoms with van der Waals surface area (Å²) in [5.41, 5.74) is 0.552. The highest BCUT2D eigenvalue weighted by Crippen LogP contribution is 2.43. The van der Waals surface area contributed by atoms with Gasteiger partial charge in [0.1, 0.15) is 0 Å². The molecule has 0 nitrogen and oxygen atoms in total. The lowest BCUT2D eigenvalue weighted by atomic mass is 9.68. The Morgan fingerprint density at radius 3 is 1.92 bits per heavy atom. The summed E-state index contributed by atoms with van der Waals surface area (Å²) in [5.74, 6) is 2.26. The lowest BCUT2D eigenvalue weighted by molar-refractivity contribution is 0.141. The second-order valence-corrected chi connectivity index (χ2v) is 8.60. The first-order valence-electron chi connectivity index (χ1n) is 10.6. The van der Waals surface area contributed by atoms with Crippen LogP contribution in [0.25, 0.3) is 0 Å². The van der Waals surface area contributed by atoms with Crippen molar-refractivity contribution < 1.29 is 8.78 Å². The van der Waals surface area contributed by atoms with Crippen LogP contribution in [0.15, 0.2) is 18.2 Å². The summed E-state index contributed by atoms with van der Waals surface area (Å²) in [6.07, 6.45) is 15.6. The van der Waals surface area contributed by atoms with Crippen LogP contribution in [0, 0.1) is 35.3 Å². The van der Waals surface area contributed by atoms with Crippen molar-refractivity contribution in [1.82, 2.24) is 0 Å². The zero-order valence-corrected chi connectivity index (χ0v) is 15.8. The van der Waals surface area contributed by atoms with E-state index in [0.29, 0.717) is 17.9 Å². The quantitative estimate of drug-likeness (QED) is 0.505. The number of rotatable bonds is 6. The van der Waals surface area contributed by atoms with Gasteiger partial charge in [-0.3, -0.25) is 0 Å². The Morgan fingerprint density at radius 1 is 0.800 bits per heavy atom. The summed E-state index contributed by atoms with van der Waals surface area (Å²) in [5, 5.41) is 0. The molecule has 2 aliphatic rings. The Balaban J connectivity index is 1.40. The van der Waals surface area contributed by atoms with Gasteiger partial charge in [-0.25, -0.2) is 8.78 Å². The van der Waals surface area contributed by atoms with Gasteiger partial charge in [-0.05, 0) is 73.8 Å². The number of halogens is 2. The molecule has 2 heteroatoms. The average Bonchev–Trinajstić information content (AvgIpc) is 2.64. The molecule has 0 N–H and O–H groups in total. The van der Waals surface area contributed by atoms with Gasteiger partial charge in [-0.1, -0.05) is 57.6 Å². The number of aryl methyl sites for hydroxylation is 1. The Hall–Kier alpha value is -0.920. The molecule has 0 unspecified atom stereocenters. The van der Waals surface area contributed by atoms with Crippen molar-refractivity contribution in [3.05, 3.63) is 35.4 Å².